The summed E-state index contributed by atoms with van der Waals surface area (Å²) in [6.07, 6.45) is 2.96. The zero-order chi connectivity index (χ0) is 7.40. The van der Waals surface area contributed by atoms with E-state index in [9.17, 15) is 9.13 Å². The van der Waals surface area contributed by atoms with E-state index in [2.05, 4.69) is 9.97 Å². The first-order chi connectivity index (χ1) is 4.79. The Hall–Kier alpha value is -1.02. The summed E-state index contributed by atoms with van der Waals surface area (Å²) in [5.41, 5.74) is 0. The minimum absolute atomic E-state index is 0.0732. The maximum Gasteiger partial charge on any atom is 0.323 e. The van der Waals surface area contributed by atoms with Gasteiger partial charge in [-0.3, -0.25) is 0 Å². The van der Waals surface area contributed by atoms with Gasteiger partial charge in [-0.05, 0) is 6.07 Å². The van der Waals surface area contributed by atoms with Crippen molar-refractivity contribution >= 4 is 7.68 Å². The van der Waals surface area contributed by atoms with E-state index in [1.54, 1.807) is 6.07 Å². The number of hydrogen-bond donors (Lipinski definition) is 0. The minimum atomic E-state index is -2.40. The van der Waals surface area contributed by atoms with Crippen LogP contribution in [0.5, 0.6) is 0 Å². The second-order valence-electron chi connectivity index (χ2n) is 1.66. The molecule has 0 aliphatic rings. The molecule has 0 N–H and O–H groups in total. The largest absolute Gasteiger partial charge is 0.323 e. The van der Waals surface area contributed by atoms with Crippen molar-refractivity contribution in [1.82, 2.24) is 9.97 Å². The van der Waals surface area contributed by atoms with Crippen LogP contribution in [0.2, 0.25) is 0 Å². The zero-order valence-electron chi connectivity index (χ0n) is 5.10. The number of aromatic nitrogens is 2. The Bertz CT molecular complexity index is 262. The quantitative estimate of drug-likeness (QED) is 0.602. The molecule has 1 aromatic rings. The van der Waals surface area contributed by atoms with Crippen molar-refractivity contribution in [2.75, 3.05) is 0 Å². The zero-order valence-corrected chi connectivity index (χ0v) is 5.99. The average molecular weight is 156 g/mol. The normalized spacial score (nSPS) is 9.20. The lowest BCUT2D eigenvalue weighted by molar-refractivity contribution is 0.513. The van der Waals surface area contributed by atoms with Gasteiger partial charge in [0.15, 0.2) is 0 Å². The molecule has 4 nitrogen and oxygen atoms in total. The van der Waals surface area contributed by atoms with Crippen LogP contribution in [0.1, 0.15) is 5.82 Å². The third-order valence-electron chi connectivity index (χ3n) is 0.890. The fraction of sp³-hybridized carbons (Fsp3) is 0.200. The van der Waals surface area contributed by atoms with Gasteiger partial charge >= 0.3 is 7.68 Å². The van der Waals surface area contributed by atoms with Crippen LogP contribution in [-0.4, -0.2) is 9.97 Å². The van der Waals surface area contributed by atoms with Crippen LogP contribution in [0, 0.1) is 0 Å². The molecule has 0 aliphatic carbocycles. The van der Waals surface area contributed by atoms with Crippen LogP contribution in [0.3, 0.4) is 0 Å². The van der Waals surface area contributed by atoms with E-state index >= 15 is 0 Å². The summed E-state index contributed by atoms with van der Waals surface area (Å²) in [5.74, 6) is 0.346. The van der Waals surface area contributed by atoms with Crippen molar-refractivity contribution in [1.29, 1.82) is 0 Å². The van der Waals surface area contributed by atoms with Gasteiger partial charge in [0.05, 0.1) is 0 Å². The Morgan fingerprint density at radius 1 is 1.30 bits per heavy atom. The van der Waals surface area contributed by atoms with Gasteiger partial charge in [-0.25, -0.2) is 19.1 Å². The highest BCUT2D eigenvalue weighted by Crippen LogP contribution is 2.08. The summed E-state index contributed by atoms with van der Waals surface area (Å²) < 4.78 is 20.3. The Balaban J connectivity index is 2.77. The Labute approximate surface area is 58.1 Å². The van der Waals surface area contributed by atoms with Gasteiger partial charge in [0.2, 0.25) is 0 Å². The summed E-state index contributed by atoms with van der Waals surface area (Å²) in [5, 5.41) is 0. The lowest BCUT2D eigenvalue weighted by Gasteiger charge is -1.86. The molecule has 0 radical (unpaired) electrons. The molecule has 0 spiro atoms. The summed E-state index contributed by atoms with van der Waals surface area (Å²) >= 11 is 0. The lowest BCUT2D eigenvalue weighted by Crippen LogP contribution is -1.87. The molecule has 10 heavy (non-hydrogen) atoms. The highest BCUT2D eigenvalue weighted by atomic mass is 31.1. The molecule has 52 valence electrons. The molecule has 0 fully saturated rings. The van der Waals surface area contributed by atoms with Crippen LogP contribution in [0.15, 0.2) is 18.5 Å². The van der Waals surface area contributed by atoms with Gasteiger partial charge in [-0.1, -0.05) is 0 Å². The topological polar surface area (TPSA) is 59.9 Å². The van der Waals surface area contributed by atoms with Gasteiger partial charge in [0.1, 0.15) is 12.0 Å². The van der Waals surface area contributed by atoms with Gasteiger partial charge in [0.25, 0.3) is 0 Å². The van der Waals surface area contributed by atoms with Gasteiger partial charge in [-0.2, -0.15) is 0 Å². The fourth-order valence-electron chi connectivity index (χ4n) is 0.527. The molecular weight excluding hydrogens is 151 g/mol. The van der Waals surface area contributed by atoms with E-state index in [0.717, 1.165) is 0 Å². The van der Waals surface area contributed by atoms with Crippen LogP contribution >= 0.6 is 7.68 Å². The second kappa shape index (κ2) is 3.22. The summed E-state index contributed by atoms with van der Waals surface area (Å²) in [6, 6.07) is 1.64. The first-order valence-electron chi connectivity index (χ1n) is 2.67. The van der Waals surface area contributed by atoms with E-state index in [-0.39, 0.29) is 6.16 Å². The molecular formula is C5H5N2O2P. The first-order valence-corrected chi connectivity index (χ1v) is 4.03. The lowest BCUT2D eigenvalue weighted by atomic mass is 10.6. The number of hydrogen-bond acceptors (Lipinski definition) is 4. The maximum atomic E-state index is 10.1. The van der Waals surface area contributed by atoms with Crippen LogP contribution < -0.4 is 0 Å². The van der Waals surface area contributed by atoms with Gasteiger partial charge < -0.3 is 0 Å². The molecule has 1 heterocycles. The fourth-order valence-corrected chi connectivity index (χ4v) is 0.921. The molecule has 0 aliphatic heterocycles. The highest BCUT2D eigenvalue weighted by molar-refractivity contribution is 7.29. The van der Waals surface area contributed by atoms with E-state index in [1.807, 2.05) is 0 Å². The molecule has 1 rings (SSSR count). The monoisotopic (exact) mass is 156 g/mol. The molecule has 0 atom stereocenters. The predicted octanol–water partition coefficient (Wildman–Crippen LogP) is 1.15. The molecule has 0 saturated heterocycles. The van der Waals surface area contributed by atoms with Crippen molar-refractivity contribution in [2.24, 2.45) is 0 Å². The molecule has 0 bridgehead atoms. The molecule has 5 heteroatoms. The minimum Gasteiger partial charge on any atom is -0.240 e. The van der Waals surface area contributed by atoms with E-state index < -0.39 is 7.68 Å². The number of nitrogens with zero attached hydrogens (tertiary/aromatic N) is 2. The van der Waals surface area contributed by atoms with Gasteiger partial charge in [0, 0.05) is 12.4 Å². The molecule has 0 saturated carbocycles. The van der Waals surface area contributed by atoms with Crippen molar-refractivity contribution in [3.63, 3.8) is 0 Å². The van der Waals surface area contributed by atoms with E-state index in [4.69, 9.17) is 0 Å². The average Bonchev–Trinajstić information content (AvgIpc) is 1.88. The summed E-state index contributed by atoms with van der Waals surface area (Å²) in [7, 11) is -2.40. The third kappa shape index (κ3) is 2.07. The summed E-state index contributed by atoms with van der Waals surface area (Å²) in [4.78, 5) is 7.45. The summed E-state index contributed by atoms with van der Waals surface area (Å²) in [6.45, 7) is 0. The smallest absolute Gasteiger partial charge is 0.240 e. The standard InChI is InChI=1S/C5H5N2O2P/c8-10(9)4-5-6-2-1-3-7-5/h1-3H,4H2. The first kappa shape index (κ1) is 7.09. The maximum absolute atomic E-state index is 10.1. The van der Waals surface area contributed by atoms with Crippen LogP contribution in [0.4, 0.5) is 0 Å². The highest BCUT2D eigenvalue weighted by Gasteiger charge is 1.96. The molecule has 0 aromatic carbocycles. The van der Waals surface area contributed by atoms with Crippen LogP contribution in [0.25, 0.3) is 0 Å². The Morgan fingerprint density at radius 2 is 1.90 bits per heavy atom. The van der Waals surface area contributed by atoms with Crippen molar-refractivity contribution < 1.29 is 9.13 Å². The predicted molar refractivity (Wildman–Crippen MR) is 34.0 cm³/mol. The molecule has 1 aromatic heterocycles. The van der Waals surface area contributed by atoms with Crippen molar-refractivity contribution in [3.8, 4) is 0 Å². The molecule has 0 amide bonds. The van der Waals surface area contributed by atoms with E-state index in [0.29, 0.717) is 5.82 Å². The Morgan fingerprint density at radius 3 is 2.40 bits per heavy atom. The van der Waals surface area contributed by atoms with Crippen molar-refractivity contribution in [2.45, 2.75) is 6.16 Å². The van der Waals surface area contributed by atoms with Crippen molar-refractivity contribution in [3.05, 3.63) is 24.3 Å². The van der Waals surface area contributed by atoms with Crippen LogP contribution in [-0.2, 0) is 15.3 Å². The van der Waals surface area contributed by atoms with Gasteiger partial charge in [-0.15, -0.1) is 0 Å². The SMILES string of the molecule is O=P(=O)Cc1ncccn1. The Kier molecular flexibility index (Phi) is 2.29. The third-order valence-corrected chi connectivity index (χ3v) is 1.43. The second-order valence-corrected chi connectivity index (χ2v) is 2.64. The molecule has 0 unspecified atom stereocenters. The number of rotatable bonds is 2. The van der Waals surface area contributed by atoms with E-state index in [1.165, 1.54) is 12.4 Å².